The van der Waals surface area contributed by atoms with E-state index in [4.69, 9.17) is 14.5 Å². The van der Waals surface area contributed by atoms with Crippen LogP contribution >= 0.6 is 11.8 Å². The van der Waals surface area contributed by atoms with Crippen molar-refractivity contribution in [3.8, 4) is 22.8 Å². The second-order valence-electron chi connectivity index (χ2n) is 7.60. The minimum atomic E-state index is -2.94. The number of sulfone groups is 1. The number of ether oxygens (including phenoxy) is 2. The summed E-state index contributed by atoms with van der Waals surface area (Å²) >= 11 is 1.68. The summed E-state index contributed by atoms with van der Waals surface area (Å²) in [7, 11) is 0.329. The molecule has 0 spiro atoms. The van der Waals surface area contributed by atoms with E-state index in [0.717, 1.165) is 38.4 Å². The molecule has 8 heteroatoms. The molecule has 1 fully saturated rings. The number of hydrogen-bond acceptors (Lipinski definition) is 7. The Morgan fingerprint density at radius 2 is 1.97 bits per heavy atom. The first-order valence-corrected chi connectivity index (χ1v) is 13.1. The molecule has 2 aromatic carbocycles. The van der Waals surface area contributed by atoms with Crippen LogP contribution in [0.25, 0.3) is 22.2 Å². The second kappa shape index (κ2) is 9.06. The molecule has 4 rings (SSSR count). The van der Waals surface area contributed by atoms with Crippen LogP contribution < -0.4 is 14.8 Å². The van der Waals surface area contributed by atoms with Crippen LogP contribution in [-0.2, 0) is 16.4 Å². The van der Waals surface area contributed by atoms with Gasteiger partial charge in [0.2, 0.25) is 0 Å². The van der Waals surface area contributed by atoms with E-state index in [1.54, 1.807) is 26.0 Å². The highest BCUT2D eigenvalue weighted by Gasteiger charge is 2.27. The number of benzene rings is 2. The Kier molecular flexibility index (Phi) is 6.41. The van der Waals surface area contributed by atoms with Crippen LogP contribution in [0.2, 0.25) is 0 Å². The van der Waals surface area contributed by atoms with Crippen LogP contribution in [0.1, 0.15) is 12.0 Å². The van der Waals surface area contributed by atoms with Crippen LogP contribution in [-0.4, -0.2) is 51.4 Å². The third kappa shape index (κ3) is 4.81. The lowest BCUT2D eigenvalue weighted by Crippen LogP contribution is -2.29. The Morgan fingerprint density at radius 1 is 1.13 bits per heavy atom. The largest absolute Gasteiger partial charge is 0.497 e. The van der Waals surface area contributed by atoms with Crippen molar-refractivity contribution in [2.45, 2.75) is 23.9 Å². The van der Waals surface area contributed by atoms with Crippen molar-refractivity contribution < 1.29 is 17.9 Å². The van der Waals surface area contributed by atoms with Gasteiger partial charge in [0.1, 0.15) is 11.5 Å². The molecule has 0 unspecified atom stereocenters. The van der Waals surface area contributed by atoms with E-state index in [9.17, 15) is 8.42 Å². The third-order valence-corrected chi connectivity index (χ3v) is 8.07. The fourth-order valence-electron chi connectivity index (χ4n) is 3.90. The molecular weight excluding hydrogens is 432 g/mol. The Balaban J connectivity index is 1.80. The molecule has 0 bridgehead atoms. The second-order valence-corrected chi connectivity index (χ2v) is 10.7. The van der Waals surface area contributed by atoms with Gasteiger partial charge in [-0.2, -0.15) is 0 Å². The predicted molar refractivity (Wildman–Crippen MR) is 126 cm³/mol. The Bertz CT molecular complexity index is 1210. The summed E-state index contributed by atoms with van der Waals surface area (Å²) in [6.07, 6.45) is 2.68. The van der Waals surface area contributed by atoms with Crippen molar-refractivity contribution in [3.63, 3.8) is 0 Å². The number of aromatic nitrogens is 1. The maximum Gasteiger partial charge on any atom is 0.151 e. The first-order chi connectivity index (χ1) is 14.9. The van der Waals surface area contributed by atoms with Crippen LogP contribution in [0.5, 0.6) is 11.5 Å². The Labute approximate surface area is 187 Å². The number of pyridine rings is 1. The molecule has 1 aromatic heterocycles. The van der Waals surface area contributed by atoms with Crippen LogP contribution in [0.3, 0.4) is 0 Å². The van der Waals surface area contributed by atoms with E-state index in [2.05, 4.69) is 29.6 Å². The fourth-order valence-corrected chi connectivity index (χ4v) is 6.04. The lowest BCUT2D eigenvalue weighted by atomic mass is 10.0. The Hall–Kier alpha value is -2.29. The first-order valence-electron chi connectivity index (χ1n) is 10.1. The van der Waals surface area contributed by atoms with Gasteiger partial charge in [-0.1, -0.05) is 6.07 Å². The van der Waals surface area contributed by atoms with Gasteiger partial charge in [0, 0.05) is 28.4 Å². The van der Waals surface area contributed by atoms with Crippen molar-refractivity contribution in [1.29, 1.82) is 0 Å². The van der Waals surface area contributed by atoms with Gasteiger partial charge in [-0.15, -0.1) is 11.8 Å². The van der Waals surface area contributed by atoms with Gasteiger partial charge >= 0.3 is 0 Å². The topological polar surface area (TPSA) is 77.5 Å². The standard InChI is InChI=1S/C23H26N2O4S2/c1-28-18-5-7-22(29-2)20(11-18)23-16(13-24-17-8-9-31(26,27)14-17)10-15-4-6-19(30-3)12-21(15)25-23/h4-7,10-12,17,24H,8-9,13-14H2,1-3H3/t17-/m1/s1. The van der Waals surface area contributed by atoms with Gasteiger partial charge < -0.3 is 14.8 Å². The van der Waals surface area contributed by atoms with Gasteiger partial charge in [-0.05, 0) is 54.6 Å². The van der Waals surface area contributed by atoms with Gasteiger partial charge in [0.25, 0.3) is 0 Å². The lowest BCUT2D eigenvalue weighted by Gasteiger charge is -2.17. The summed E-state index contributed by atoms with van der Waals surface area (Å²) in [5.41, 5.74) is 3.53. The maximum absolute atomic E-state index is 11.8. The number of nitrogens with one attached hydrogen (secondary N) is 1. The average molecular weight is 459 g/mol. The molecule has 1 saturated heterocycles. The van der Waals surface area contributed by atoms with Crippen molar-refractivity contribution in [2.24, 2.45) is 0 Å². The molecule has 1 aliphatic rings. The van der Waals surface area contributed by atoms with Gasteiger partial charge in [-0.25, -0.2) is 13.4 Å². The molecular formula is C23H26N2O4S2. The third-order valence-electron chi connectivity index (χ3n) is 5.58. The number of methoxy groups -OCH3 is 2. The molecule has 164 valence electrons. The zero-order chi connectivity index (χ0) is 22.0. The summed E-state index contributed by atoms with van der Waals surface area (Å²) in [6.45, 7) is 0.517. The number of hydrogen-bond donors (Lipinski definition) is 1. The van der Waals surface area contributed by atoms with E-state index in [-0.39, 0.29) is 17.5 Å². The van der Waals surface area contributed by atoms with Gasteiger partial charge in [0.05, 0.1) is 36.9 Å². The quantitative estimate of drug-likeness (QED) is 0.538. The molecule has 3 aromatic rings. The van der Waals surface area contributed by atoms with Crippen molar-refractivity contribution in [1.82, 2.24) is 10.3 Å². The van der Waals surface area contributed by atoms with E-state index in [1.807, 2.05) is 24.5 Å². The van der Waals surface area contributed by atoms with Crippen LogP contribution in [0.15, 0.2) is 47.4 Å². The van der Waals surface area contributed by atoms with Crippen molar-refractivity contribution in [3.05, 3.63) is 48.0 Å². The number of rotatable bonds is 7. The molecule has 0 amide bonds. The lowest BCUT2D eigenvalue weighted by molar-refractivity contribution is 0.404. The zero-order valence-corrected chi connectivity index (χ0v) is 19.5. The minimum absolute atomic E-state index is 0.0420. The summed E-state index contributed by atoms with van der Waals surface area (Å²) in [6, 6.07) is 14.0. The van der Waals surface area contributed by atoms with Gasteiger partial charge in [-0.3, -0.25) is 0 Å². The predicted octanol–water partition coefficient (Wildman–Crippen LogP) is 3.92. The Morgan fingerprint density at radius 3 is 2.65 bits per heavy atom. The molecule has 1 N–H and O–H groups in total. The van der Waals surface area contributed by atoms with E-state index in [0.29, 0.717) is 18.7 Å². The summed E-state index contributed by atoms with van der Waals surface area (Å²) in [5.74, 6) is 1.85. The fraction of sp³-hybridized carbons (Fsp3) is 0.348. The molecule has 0 aliphatic carbocycles. The van der Waals surface area contributed by atoms with Crippen molar-refractivity contribution >= 4 is 32.5 Å². The molecule has 1 atom stereocenters. The highest BCUT2D eigenvalue weighted by atomic mass is 32.2. The number of nitrogens with zero attached hydrogens (tertiary/aromatic N) is 1. The number of fused-ring (bicyclic) bond motifs is 1. The molecule has 31 heavy (non-hydrogen) atoms. The minimum Gasteiger partial charge on any atom is -0.497 e. The molecule has 0 radical (unpaired) electrons. The number of thioether (sulfide) groups is 1. The summed E-state index contributed by atoms with van der Waals surface area (Å²) in [4.78, 5) is 6.15. The zero-order valence-electron chi connectivity index (χ0n) is 17.8. The summed E-state index contributed by atoms with van der Waals surface area (Å²) < 4.78 is 34.7. The SMILES string of the molecule is COc1ccc(OC)c(-c2nc3cc(SC)ccc3cc2CN[C@@H]2CCS(=O)(=O)C2)c1. The monoisotopic (exact) mass is 458 g/mol. The highest BCUT2D eigenvalue weighted by molar-refractivity contribution is 7.98. The van der Waals surface area contributed by atoms with Crippen LogP contribution in [0, 0.1) is 0 Å². The van der Waals surface area contributed by atoms with Gasteiger partial charge in [0.15, 0.2) is 9.84 Å². The normalized spacial score (nSPS) is 17.7. The van der Waals surface area contributed by atoms with Crippen LogP contribution in [0.4, 0.5) is 0 Å². The molecule has 2 heterocycles. The smallest absolute Gasteiger partial charge is 0.151 e. The maximum atomic E-state index is 11.8. The highest BCUT2D eigenvalue weighted by Crippen LogP contribution is 2.36. The van der Waals surface area contributed by atoms with Crippen molar-refractivity contribution in [2.75, 3.05) is 32.0 Å². The summed E-state index contributed by atoms with van der Waals surface area (Å²) in [5, 5.41) is 4.46. The molecule has 6 nitrogen and oxygen atoms in total. The molecule has 1 aliphatic heterocycles. The molecule has 0 saturated carbocycles. The van der Waals surface area contributed by atoms with E-state index in [1.165, 1.54) is 0 Å². The van der Waals surface area contributed by atoms with E-state index < -0.39 is 9.84 Å². The first kappa shape index (κ1) is 21.9. The van der Waals surface area contributed by atoms with E-state index >= 15 is 0 Å². The average Bonchev–Trinajstić information content (AvgIpc) is 3.14.